The van der Waals surface area contributed by atoms with Gasteiger partial charge in [0, 0.05) is 18.0 Å². The lowest BCUT2D eigenvalue weighted by molar-refractivity contribution is 0.0947. The van der Waals surface area contributed by atoms with E-state index in [-0.39, 0.29) is 29.7 Å². The summed E-state index contributed by atoms with van der Waals surface area (Å²) in [5.74, 6) is 0.854. The third-order valence-corrected chi connectivity index (χ3v) is 3.82. The molecule has 1 aromatic carbocycles. The van der Waals surface area contributed by atoms with Crippen molar-refractivity contribution in [2.75, 3.05) is 0 Å². The van der Waals surface area contributed by atoms with Crippen molar-refractivity contribution in [1.29, 1.82) is 0 Å². The minimum atomic E-state index is -0.359. The van der Waals surface area contributed by atoms with E-state index in [0.717, 1.165) is 11.1 Å². The van der Waals surface area contributed by atoms with E-state index in [0.29, 0.717) is 11.6 Å². The molecule has 128 valence electrons. The summed E-state index contributed by atoms with van der Waals surface area (Å²) in [5.41, 5.74) is 1.83. The first-order chi connectivity index (χ1) is 12.1. The van der Waals surface area contributed by atoms with Crippen molar-refractivity contribution in [3.8, 4) is 17.1 Å². The second-order valence-electron chi connectivity index (χ2n) is 5.92. The maximum absolute atomic E-state index is 12.3. The monoisotopic (exact) mass is 337 g/mol. The van der Waals surface area contributed by atoms with E-state index in [1.54, 1.807) is 36.7 Å². The number of hydrogen-bond acceptors (Lipinski definition) is 5. The number of amides is 1. The molecule has 2 aromatic heterocycles. The molecule has 3 N–H and O–H groups in total. The van der Waals surface area contributed by atoms with Crippen LogP contribution in [0.25, 0.3) is 11.4 Å². The summed E-state index contributed by atoms with van der Waals surface area (Å²) in [6.07, 6.45) is 3.33. The van der Waals surface area contributed by atoms with Crippen LogP contribution in [-0.2, 0) is 6.54 Å². The van der Waals surface area contributed by atoms with Crippen molar-refractivity contribution in [3.05, 3.63) is 59.7 Å². The van der Waals surface area contributed by atoms with E-state index in [2.05, 4.69) is 25.5 Å². The summed E-state index contributed by atoms with van der Waals surface area (Å²) < 4.78 is 0. The average molecular weight is 337 g/mol. The lowest BCUT2D eigenvalue weighted by Gasteiger charge is -2.12. The molecule has 25 heavy (non-hydrogen) atoms. The van der Waals surface area contributed by atoms with Gasteiger partial charge in [-0.3, -0.25) is 14.9 Å². The van der Waals surface area contributed by atoms with Crippen LogP contribution in [0.5, 0.6) is 5.75 Å². The Bertz CT molecular complexity index is 874. The standard InChI is InChI=1S/C18H19N5O2/c1-11(2)13-4-3-5-14(16(13)24)18(25)20-10-15-21-17(23-22-15)12-6-8-19-9-7-12/h3-9,11,24H,10H2,1-2H3,(H,20,25)(H,21,22,23). The topological polar surface area (TPSA) is 104 Å². The second-order valence-corrected chi connectivity index (χ2v) is 5.92. The van der Waals surface area contributed by atoms with Crippen molar-refractivity contribution in [3.63, 3.8) is 0 Å². The van der Waals surface area contributed by atoms with Crippen molar-refractivity contribution in [2.45, 2.75) is 26.3 Å². The Hall–Kier alpha value is -3.22. The Morgan fingerprint density at radius 2 is 2.00 bits per heavy atom. The third-order valence-electron chi connectivity index (χ3n) is 3.82. The Kier molecular flexibility index (Phi) is 4.74. The second kappa shape index (κ2) is 7.12. The van der Waals surface area contributed by atoms with Crippen molar-refractivity contribution < 1.29 is 9.90 Å². The van der Waals surface area contributed by atoms with E-state index in [1.807, 2.05) is 19.9 Å². The largest absolute Gasteiger partial charge is 0.507 e. The molecule has 0 saturated heterocycles. The number of phenols is 1. The van der Waals surface area contributed by atoms with E-state index >= 15 is 0 Å². The maximum Gasteiger partial charge on any atom is 0.255 e. The van der Waals surface area contributed by atoms with Crippen LogP contribution < -0.4 is 5.32 Å². The fourth-order valence-electron chi connectivity index (χ4n) is 2.47. The Labute approximate surface area is 145 Å². The zero-order valence-electron chi connectivity index (χ0n) is 14.0. The molecule has 1 amide bonds. The predicted molar refractivity (Wildman–Crippen MR) is 93.0 cm³/mol. The van der Waals surface area contributed by atoms with E-state index in [1.165, 1.54) is 0 Å². The van der Waals surface area contributed by atoms with Crippen LogP contribution in [0.2, 0.25) is 0 Å². The van der Waals surface area contributed by atoms with Gasteiger partial charge in [0.25, 0.3) is 5.91 Å². The quantitative estimate of drug-likeness (QED) is 0.664. The van der Waals surface area contributed by atoms with Gasteiger partial charge in [0.2, 0.25) is 0 Å². The minimum absolute atomic E-state index is 0.0186. The number of nitrogens with zero attached hydrogens (tertiary/aromatic N) is 3. The fourth-order valence-corrected chi connectivity index (χ4v) is 2.47. The molecule has 0 bridgehead atoms. The summed E-state index contributed by atoms with van der Waals surface area (Å²) in [6.45, 7) is 4.11. The smallest absolute Gasteiger partial charge is 0.255 e. The fraction of sp³-hybridized carbons (Fsp3) is 0.222. The highest BCUT2D eigenvalue weighted by atomic mass is 16.3. The summed E-state index contributed by atoms with van der Waals surface area (Å²) in [5, 5.41) is 19.9. The van der Waals surface area contributed by atoms with Crippen LogP contribution in [0, 0.1) is 0 Å². The number of rotatable bonds is 5. The van der Waals surface area contributed by atoms with Gasteiger partial charge >= 0.3 is 0 Å². The van der Waals surface area contributed by atoms with Gasteiger partial charge in [0.05, 0.1) is 12.1 Å². The summed E-state index contributed by atoms with van der Waals surface area (Å²) in [4.78, 5) is 20.6. The molecule has 7 heteroatoms. The predicted octanol–water partition coefficient (Wildman–Crippen LogP) is 2.63. The van der Waals surface area contributed by atoms with Gasteiger partial charge in [-0.15, -0.1) is 0 Å². The molecular weight excluding hydrogens is 318 g/mol. The summed E-state index contributed by atoms with van der Waals surface area (Å²) in [7, 11) is 0. The molecule has 7 nitrogen and oxygen atoms in total. The summed E-state index contributed by atoms with van der Waals surface area (Å²) >= 11 is 0. The van der Waals surface area contributed by atoms with Crippen molar-refractivity contribution in [1.82, 2.24) is 25.5 Å². The first kappa shape index (κ1) is 16.6. The van der Waals surface area contributed by atoms with Crippen LogP contribution in [0.3, 0.4) is 0 Å². The molecule has 0 radical (unpaired) electrons. The van der Waals surface area contributed by atoms with Crippen LogP contribution >= 0.6 is 0 Å². The third kappa shape index (κ3) is 3.65. The van der Waals surface area contributed by atoms with E-state index in [4.69, 9.17) is 0 Å². The molecule has 0 aliphatic rings. The number of carbonyl (C=O) groups is 1. The number of carbonyl (C=O) groups excluding carboxylic acids is 1. The SMILES string of the molecule is CC(C)c1cccc(C(=O)NCc2nc(-c3ccncc3)n[nH]2)c1O. The molecule has 0 unspecified atom stereocenters. The number of H-pyrrole nitrogens is 1. The van der Waals surface area contributed by atoms with Gasteiger partial charge < -0.3 is 10.4 Å². The minimum Gasteiger partial charge on any atom is -0.507 e. The summed E-state index contributed by atoms with van der Waals surface area (Å²) in [6, 6.07) is 8.79. The van der Waals surface area contributed by atoms with E-state index < -0.39 is 0 Å². The molecule has 0 aliphatic carbocycles. The molecular formula is C18H19N5O2. The number of phenolic OH excluding ortho intramolecular Hbond substituents is 1. The number of para-hydroxylation sites is 1. The molecule has 0 fully saturated rings. The lowest BCUT2D eigenvalue weighted by Crippen LogP contribution is -2.23. The van der Waals surface area contributed by atoms with Gasteiger partial charge in [0.15, 0.2) is 5.82 Å². The van der Waals surface area contributed by atoms with Gasteiger partial charge in [-0.05, 0) is 29.7 Å². The zero-order valence-corrected chi connectivity index (χ0v) is 14.0. The Morgan fingerprint density at radius 1 is 1.24 bits per heavy atom. The van der Waals surface area contributed by atoms with Crippen LogP contribution in [0.4, 0.5) is 0 Å². The highest BCUT2D eigenvalue weighted by Crippen LogP contribution is 2.28. The highest BCUT2D eigenvalue weighted by molar-refractivity contribution is 5.97. The number of nitrogens with one attached hydrogen (secondary N) is 2. The van der Waals surface area contributed by atoms with Gasteiger partial charge in [-0.25, -0.2) is 4.98 Å². The lowest BCUT2D eigenvalue weighted by atomic mass is 9.99. The maximum atomic E-state index is 12.3. The number of aromatic amines is 1. The number of benzene rings is 1. The Balaban J connectivity index is 1.69. The van der Waals surface area contributed by atoms with Crippen LogP contribution in [0.15, 0.2) is 42.7 Å². The van der Waals surface area contributed by atoms with E-state index in [9.17, 15) is 9.90 Å². The molecule has 3 rings (SSSR count). The number of aromatic hydroxyl groups is 1. The molecule has 2 heterocycles. The number of aromatic nitrogens is 4. The average Bonchev–Trinajstić information content (AvgIpc) is 3.09. The zero-order chi connectivity index (χ0) is 17.8. The van der Waals surface area contributed by atoms with Gasteiger partial charge in [-0.2, -0.15) is 5.10 Å². The highest BCUT2D eigenvalue weighted by Gasteiger charge is 2.16. The molecule has 3 aromatic rings. The first-order valence-corrected chi connectivity index (χ1v) is 7.98. The Morgan fingerprint density at radius 3 is 2.72 bits per heavy atom. The normalized spacial score (nSPS) is 10.8. The molecule has 0 saturated carbocycles. The first-order valence-electron chi connectivity index (χ1n) is 7.98. The molecule has 0 aliphatic heterocycles. The number of hydrogen-bond donors (Lipinski definition) is 3. The van der Waals surface area contributed by atoms with Crippen LogP contribution in [-0.4, -0.2) is 31.2 Å². The van der Waals surface area contributed by atoms with Gasteiger partial charge in [0.1, 0.15) is 11.6 Å². The van der Waals surface area contributed by atoms with Crippen molar-refractivity contribution >= 4 is 5.91 Å². The van der Waals surface area contributed by atoms with Gasteiger partial charge in [-0.1, -0.05) is 26.0 Å². The molecule has 0 spiro atoms. The van der Waals surface area contributed by atoms with Crippen LogP contribution in [0.1, 0.15) is 41.5 Å². The van der Waals surface area contributed by atoms with Crippen molar-refractivity contribution in [2.24, 2.45) is 0 Å². The molecule has 0 atom stereocenters. The number of pyridine rings is 1.